The third-order valence-electron chi connectivity index (χ3n) is 8.59. The van der Waals surface area contributed by atoms with Gasteiger partial charge in [0.2, 0.25) is 0 Å². The number of hydrogen-bond acceptors (Lipinski definition) is 5. The van der Waals surface area contributed by atoms with Gasteiger partial charge in [-0.2, -0.15) is 0 Å². The first-order chi connectivity index (χ1) is 16.1. The lowest BCUT2D eigenvalue weighted by Gasteiger charge is -2.41. The van der Waals surface area contributed by atoms with Crippen LogP contribution in [0.5, 0.6) is 0 Å². The smallest absolute Gasteiger partial charge is 0.302 e. The van der Waals surface area contributed by atoms with Crippen LogP contribution in [-0.2, 0) is 19.1 Å². The summed E-state index contributed by atoms with van der Waals surface area (Å²) in [4.78, 5) is 23.0. The topological polar surface area (TPSA) is 72.8 Å². The molecule has 0 amide bonds. The van der Waals surface area contributed by atoms with Gasteiger partial charge in [0.15, 0.2) is 0 Å². The zero-order valence-electron chi connectivity index (χ0n) is 21.8. The minimum atomic E-state index is -0.551. The molecule has 0 radical (unpaired) electrons. The van der Waals surface area contributed by atoms with E-state index in [9.17, 15) is 14.7 Å². The molecule has 2 fully saturated rings. The van der Waals surface area contributed by atoms with Crippen LogP contribution in [0.25, 0.3) is 0 Å². The summed E-state index contributed by atoms with van der Waals surface area (Å²) in [5.41, 5.74) is 3.82. The monoisotopic (exact) mass is 472 g/mol. The van der Waals surface area contributed by atoms with E-state index in [1.165, 1.54) is 43.4 Å². The molecule has 1 N–H and O–H groups in total. The fourth-order valence-electron chi connectivity index (χ4n) is 6.40. The van der Waals surface area contributed by atoms with Gasteiger partial charge in [-0.3, -0.25) is 9.59 Å². The Balaban J connectivity index is 1.73. The number of allylic oxidation sites excluding steroid dienone is 5. The molecule has 190 valence electrons. The molecule has 2 saturated carbocycles. The number of hydrogen-bond donors (Lipinski definition) is 1. The number of aliphatic hydroxyl groups is 1. The van der Waals surface area contributed by atoms with Crippen LogP contribution in [0.15, 0.2) is 34.9 Å². The van der Waals surface area contributed by atoms with Crippen molar-refractivity contribution < 1.29 is 24.2 Å². The molecular weight excluding hydrogens is 428 g/mol. The average Bonchev–Trinajstić information content (AvgIpc) is 3.11. The molecule has 0 aromatic rings. The summed E-state index contributed by atoms with van der Waals surface area (Å²) in [5.74, 6) is -0.0739. The molecule has 5 heteroatoms. The molecule has 4 atom stereocenters. The fraction of sp³-hybridized carbons (Fsp3) is 0.724. The summed E-state index contributed by atoms with van der Waals surface area (Å²) in [5, 5.41) is 10.8. The zero-order valence-corrected chi connectivity index (χ0v) is 21.8. The van der Waals surface area contributed by atoms with Crippen LogP contribution in [0.4, 0.5) is 0 Å². The van der Waals surface area contributed by atoms with Gasteiger partial charge in [0.1, 0.15) is 12.2 Å². The Bertz CT molecular complexity index is 821. The second-order valence-corrected chi connectivity index (χ2v) is 10.9. The van der Waals surface area contributed by atoms with Gasteiger partial charge in [-0.05, 0) is 62.7 Å². The standard InChI is InChI=1S/C29H44O5/c1-6-29(32,7-2)16-14-24-12-13-27-23(9-8-15-28(24,27)5)11-10-22-17-25(33-20(3)30)19-26(18-22)34-21(4)31/h10-12,25-27,32H,6-9,13-19H2,1-5H3/b22-10?,23-11+/t25-,26?,27?,28-/m1/s1. The summed E-state index contributed by atoms with van der Waals surface area (Å²) in [6.45, 7) is 9.43. The Morgan fingerprint density at radius 1 is 1.12 bits per heavy atom. The van der Waals surface area contributed by atoms with E-state index in [-0.39, 0.29) is 29.6 Å². The number of fused-ring (bicyclic) bond motifs is 1. The Hall–Kier alpha value is -1.88. The molecule has 3 rings (SSSR count). The Morgan fingerprint density at radius 2 is 1.74 bits per heavy atom. The van der Waals surface area contributed by atoms with Gasteiger partial charge >= 0.3 is 11.9 Å². The number of rotatable bonds is 8. The number of ether oxygens (including phenoxy) is 2. The van der Waals surface area contributed by atoms with Crippen molar-refractivity contribution in [1.82, 2.24) is 0 Å². The van der Waals surface area contributed by atoms with Crippen LogP contribution < -0.4 is 0 Å². The third kappa shape index (κ3) is 6.41. The first-order valence-corrected chi connectivity index (χ1v) is 13.2. The maximum absolute atomic E-state index is 11.5. The molecule has 0 aromatic carbocycles. The van der Waals surface area contributed by atoms with Crippen LogP contribution in [0.2, 0.25) is 0 Å². The van der Waals surface area contributed by atoms with E-state index < -0.39 is 5.60 Å². The highest BCUT2D eigenvalue weighted by molar-refractivity contribution is 5.67. The maximum atomic E-state index is 11.5. The molecule has 0 bridgehead atoms. The van der Waals surface area contributed by atoms with Gasteiger partial charge in [-0.25, -0.2) is 0 Å². The summed E-state index contributed by atoms with van der Waals surface area (Å²) >= 11 is 0. The molecular formula is C29H44O5. The summed E-state index contributed by atoms with van der Waals surface area (Å²) in [7, 11) is 0. The molecule has 3 aliphatic carbocycles. The van der Waals surface area contributed by atoms with Crippen LogP contribution >= 0.6 is 0 Å². The van der Waals surface area contributed by atoms with Crippen LogP contribution in [-0.4, -0.2) is 34.9 Å². The van der Waals surface area contributed by atoms with Crippen LogP contribution in [0.1, 0.15) is 105 Å². The molecule has 0 saturated heterocycles. The van der Waals surface area contributed by atoms with Gasteiger partial charge < -0.3 is 14.6 Å². The number of carbonyl (C=O) groups is 2. The SMILES string of the molecule is CCC(O)(CC)CCC1=CCC2/C(=C/C=C3CC(OC(C)=O)C[C@H](OC(C)=O)C3)CCC[C@]12C. The van der Waals surface area contributed by atoms with Crippen molar-refractivity contribution in [2.45, 2.75) is 123 Å². The van der Waals surface area contributed by atoms with Crippen LogP contribution in [0, 0.1) is 11.3 Å². The highest BCUT2D eigenvalue weighted by Crippen LogP contribution is 2.56. The molecule has 0 aromatic heterocycles. The predicted molar refractivity (Wildman–Crippen MR) is 134 cm³/mol. The van der Waals surface area contributed by atoms with Crippen molar-refractivity contribution in [1.29, 1.82) is 0 Å². The highest BCUT2D eigenvalue weighted by atomic mass is 16.6. The molecule has 2 unspecified atom stereocenters. The summed E-state index contributed by atoms with van der Waals surface area (Å²) in [6.07, 6.45) is 16.4. The Labute approximate surface area is 205 Å². The fourth-order valence-corrected chi connectivity index (χ4v) is 6.40. The normalized spacial score (nSPS) is 31.8. The van der Waals surface area contributed by atoms with E-state index in [0.29, 0.717) is 25.2 Å². The molecule has 0 aliphatic heterocycles. The Morgan fingerprint density at radius 3 is 2.29 bits per heavy atom. The molecule has 0 heterocycles. The minimum Gasteiger partial charge on any atom is -0.462 e. The number of carbonyl (C=O) groups excluding carboxylic acids is 2. The quantitative estimate of drug-likeness (QED) is 0.329. The zero-order chi connectivity index (χ0) is 24.9. The Kier molecular flexibility index (Phi) is 8.83. The molecule has 0 spiro atoms. The number of esters is 2. The summed E-state index contributed by atoms with van der Waals surface area (Å²) in [6, 6.07) is 0. The second-order valence-electron chi connectivity index (χ2n) is 10.9. The van der Waals surface area contributed by atoms with Crippen LogP contribution in [0.3, 0.4) is 0 Å². The lowest BCUT2D eigenvalue weighted by atomic mass is 9.63. The van der Waals surface area contributed by atoms with E-state index in [1.54, 1.807) is 0 Å². The molecule has 34 heavy (non-hydrogen) atoms. The van der Waals surface area contributed by atoms with E-state index >= 15 is 0 Å². The lowest BCUT2D eigenvalue weighted by molar-refractivity contribution is -0.154. The highest BCUT2D eigenvalue weighted by Gasteiger charge is 2.44. The average molecular weight is 473 g/mol. The minimum absolute atomic E-state index is 0.179. The molecule has 5 nitrogen and oxygen atoms in total. The first kappa shape index (κ1) is 26.7. The molecule has 3 aliphatic rings. The van der Waals surface area contributed by atoms with Crippen molar-refractivity contribution in [3.05, 3.63) is 34.9 Å². The van der Waals surface area contributed by atoms with E-state index in [4.69, 9.17) is 9.47 Å². The van der Waals surface area contributed by atoms with Crippen molar-refractivity contribution in [3.63, 3.8) is 0 Å². The van der Waals surface area contributed by atoms with Gasteiger partial charge in [-0.1, -0.05) is 55.7 Å². The van der Waals surface area contributed by atoms with Gasteiger partial charge in [0.25, 0.3) is 0 Å². The third-order valence-corrected chi connectivity index (χ3v) is 8.59. The maximum Gasteiger partial charge on any atom is 0.302 e. The van der Waals surface area contributed by atoms with Crippen molar-refractivity contribution in [2.24, 2.45) is 11.3 Å². The van der Waals surface area contributed by atoms with E-state index in [0.717, 1.165) is 38.5 Å². The predicted octanol–water partition coefficient (Wildman–Crippen LogP) is 6.35. The second kappa shape index (κ2) is 11.2. The van der Waals surface area contributed by atoms with Crippen molar-refractivity contribution in [2.75, 3.05) is 0 Å². The van der Waals surface area contributed by atoms with Crippen molar-refractivity contribution >= 4 is 11.9 Å². The summed E-state index contributed by atoms with van der Waals surface area (Å²) < 4.78 is 11.0. The van der Waals surface area contributed by atoms with Gasteiger partial charge in [0, 0.05) is 33.1 Å². The van der Waals surface area contributed by atoms with Gasteiger partial charge in [-0.15, -0.1) is 0 Å². The van der Waals surface area contributed by atoms with Gasteiger partial charge in [0.05, 0.1) is 5.60 Å². The lowest BCUT2D eigenvalue weighted by Crippen LogP contribution is -2.32. The first-order valence-electron chi connectivity index (χ1n) is 13.2. The largest absolute Gasteiger partial charge is 0.462 e. The van der Waals surface area contributed by atoms with E-state index in [1.807, 2.05) is 0 Å². The van der Waals surface area contributed by atoms with Crippen molar-refractivity contribution in [3.8, 4) is 0 Å². The van der Waals surface area contributed by atoms with E-state index in [2.05, 4.69) is 39.0 Å².